The number of anilines is 2. The van der Waals surface area contributed by atoms with E-state index in [2.05, 4.69) is 10.6 Å². The number of alkyl halides is 3. The summed E-state index contributed by atoms with van der Waals surface area (Å²) in [5, 5.41) is 5.72. The highest BCUT2D eigenvalue weighted by molar-refractivity contribution is 6.10. The van der Waals surface area contributed by atoms with Gasteiger partial charge in [0.05, 0.1) is 18.8 Å². The van der Waals surface area contributed by atoms with E-state index in [4.69, 9.17) is 9.47 Å². The maximum atomic E-state index is 13.2. The van der Waals surface area contributed by atoms with Crippen molar-refractivity contribution in [3.63, 3.8) is 0 Å². The average molecular weight is 601 g/mol. The molecule has 1 aliphatic carbocycles. The Hall–Kier alpha value is -4.47. The Kier molecular flexibility index (Phi) is 8.25. The van der Waals surface area contributed by atoms with Crippen molar-refractivity contribution in [3.05, 3.63) is 119 Å². The third-order valence-corrected chi connectivity index (χ3v) is 8.28. The van der Waals surface area contributed by atoms with Crippen LogP contribution in [-0.4, -0.2) is 30.8 Å². The molecule has 226 valence electrons. The highest BCUT2D eigenvalue weighted by atomic mass is 19.4. The van der Waals surface area contributed by atoms with E-state index in [1.54, 1.807) is 48.5 Å². The number of carbonyl (C=O) groups is 2. The zero-order valence-corrected chi connectivity index (χ0v) is 23.8. The molecule has 1 heterocycles. The maximum absolute atomic E-state index is 13.2. The molecule has 0 radical (unpaired) electrons. The zero-order valence-electron chi connectivity index (χ0n) is 23.8. The number of hydrogen-bond acceptors (Lipinski definition) is 4. The van der Waals surface area contributed by atoms with Gasteiger partial charge in [-0.15, -0.1) is 0 Å². The van der Waals surface area contributed by atoms with Crippen LogP contribution in [0.25, 0.3) is 11.1 Å². The number of nitrogens with one attached hydrogen (secondary N) is 2. The Morgan fingerprint density at radius 2 is 1.39 bits per heavy atom. The summed E-state index contributed by atoms with van der Waals surface area (Å²) in [4.78, 5) is 26.3. The third-order valence-electron chi connectivity index (χ3n) is 8.28. The molecule has 1 spiro atoms. The molecule has 0 atom stereocenters. The van der Waals surface area contributed by atoms with Crippen LogP contribution in [0, 0.1) is 0 Å². The summed E-state index contributed by atoms with van der Waals surface area (Å²) in [5.41, 5.74) is 3.14. The van der Waals surface area contributed by atoms with E-state index < -0.39 is 23.4 Å². The van der Waals surface area contributed by atoms with Crippen LogP contribution < -0.4 is 10.6 Å². The number of ether oxygens (including phenoxy) is 2. The van der Waals surface area contributed by atoms with Crippen molar-refractivity contribution in [1.82, 2.24) is 0 Å². The molecular weight excluding hydrogens is 569 g/mol. The summed E-state index contributed by atoms with van der Waals surface area (Å²) in [5.74, 6) is -0.751. The summed E-state index contributed by atoms with van der Waals surface area (Å²) >= 11 is 0. The third kappa shape index (κ3) is 6.54. The molecule has 4 aromatic carbocycles. The van der Waals surface area contributed by atoms with Gasteiger partial charge in [0.2, 0.25) is 0 Å². The molecular formula is C35H31F3N2O4. The van der Waals surface area contributed by atoms with Crippen molar-refractivity contribution in [2.45, 2.75) is 43.6 Å². The van der Waals surface area contributed by atoms with Crippen LogP contribution in [0.3, 0.4) is 0 Å². The number of rotatable bonds is 6. The summed E-state index contributed by atoms with van der Waals surface area (Å²) < 4.78 is 50.7. The second kappa shape index (κ2) is 12.3. The van der Waals surface area contributed by atoms with Crippen LogP contribution in [0.5, 0.6) is 0 Å². The topological polar surface area (TPSA) is 76.7 Å². The number of benzene rings is 4. The standard InChI is InChI=1S/C35H31F3N2O4/c36-35(37,38)27-12-8-25(9-13-27)30-6-1-2-7-31(30)33(42)40-29-5-3-4-26(22-29)32(41)39-28-14-10-23(11-15-28)24-16-18-34(19-17-24)43-20-21-44-34/h1-15,22,24H,16-21H2,(H,39,41)(H,40,42). The Morgan fingerprint density at radius 3 is 2.07 bits per heavy atom. The monoisotopic (exact) mass is 600 g/mol. The van der Waals surface area contributed by atoms with Gasteiger partial charge in [-0.05, 0) is 84.0 Å². The van der Waals surface area contributed by atoms with E-state index in [0.29, 0.717) is 52.8 Å². The van der Waals surface area contributed by atoms with E-state index in [-0.39, 0.29) is 5.91 Å². The molecule has 4 aromatic rings. The van der Waals surface area contributed by atoms with Gasteiger partial charge in [0.1, 0.15) is 0 Å². The largest absolute Gasteiger partial charge is 0.416 e. The van der Waals surface area contributed by atoms with E-state index in [0.717, 1.165) is 37.8 Å². The molecule has 2 fully saturated rings. The first-order chi connectivity index (χ1) is 21.2. The van der Waals surface area contributed by atoms with Gasteiger partial charge in [0.15, 0.2) is 5.79 Å². The van der Waals surface area contributed by atoms with Crippen molar-refractivity contribution in [1.29, 1.82) is 0 Å². The van der Waals surface area contributed by atoms with E-state index in [9.17, 15) is 22.8 Å². The second-order valence-electron chi connectivity index (χ2n) is 11.1. The average Bonchev–Trinajstić information content (AvgIpc) is 3.49. The fourth-order valence-corrected chi connectivity index (χ4v) is 5.93. The van der Waals surface area contributed by atoms with Crippen LogP contribution >= 0.6 is 0 Å². The van der Waals surface area contributed by atoms with Crippen LogP contribution in [0.1, 0.15) is 63.4 Å². The first-order valence-electron chi connectivity index (χ1n) is 14.6. The van der Waals surface area contributed by atoms with Crippen LogP contribution in [-0.2, 0) is 15.7 Å². The zero-order chi connectivity index (χ0) is 30.7. The van der Waals surface area contributed by atoms with Gasteiger partial charge in [0, 0.05) is 35.3 Å². The van der Waals surface area contributed by atoms with Crippen molar-refractivity contribution < 1.29 is 32.2 Å². The number of carbonyl (C=O) groups excluding carboxylic acids is 2. The second-order valence-corrected chi connectivity index (χ2v) is 11.1. The van der Waals surface area contributed by atoms with Crippen molar-refractivity contribution >= 4 is 23.2 Å². The Balaban J connectivity index is 1.09. The van der Waals surface area contributed by atoms with E-state index >= 15 is 0 Å². The molecule has 2 amide bonds. The normalized spacial score (nSPS) is 16.5. The van der Waals surface area contributed by atoms with Gasteiger partial charge in [-0.1, -0.05) is 48.5 Å². The summed E-state index contributed by atoms with van der Waals surface area (Å²) in [6.45, 7) is 1.32. The quantitative estimate of drug-likeness (QED) is 0.234. The SMILES string of the molecule is O=C(Nc1ccc(C2CCC3(CC2)OCCO3)cc1)c1cccc(NC(=O)c2ccccc2-c2ccc(C(F)(F)F)cc2)c1. The van der Waals surface area contributed by atoms with Gasteiger partial charge in [-0.2, -0.15) is 13.2 Å². The lowest BCUT2D eigenvalue weighted by molar-refractivity contribution is -0.178. The predicted molar refractivity (Wildman–Crippen MR) is 162 cm³/mol. The van der Waals surface area contributed by atoms with E-state index in [1.807, 2.05) is 24.3 Å². The molecule has 1 saturated carbocycles. The molecule has 2 aliphatic rings. The molecule has 6 nitrogen and oxygen atoms in total. The summed E-state index contributed by atoms with van der Waals surface area (Å²) in [6, 6.07) is 25.8. The smallest absolute Gasteiger partial charge is 0.348 e. The fraction of sp³-hybridized carbons (Fsp3) is 0.257. The number of amides is 2. The van der Waals surface area contributed by atoms with Gasteiger partial charge in [-0.25, -0.2) is 0 Å². The molecule has 1 saturated heterocycles. The van der Waals surface area contributed by atoms with Gasteiger partial charge >= 0.3 is 6.18 Å². The Labute approximate surface area is 253 Å². The van der Waals surface area contributed by atoms with Crippen molar-refractivity contribution in [2.24, 2.45) is 0 Å². The van der Waals surface area contributed by atoms with Crippen LogP contribution in [0.15, 0.2) is 97.1 Å². The number of hydrogen-bond donors (Lipinski definition) is 2. The predicted octanol–water partition coefficient (Wildman–Crippen LogP) is 8.28. The molecule has 0 bridgehead atoms. The van der Waals surface area contributed by atoms with Gasteiger partial charge in [0.25, 0.3) is 11.8 Å². The van der Waals surface area contributed by atoms with Gasteiger partial charge in [-0.3, -0.25) is 9.59 Å². The number of halogens is 3. The molecule has 0 unspecified atom stereocenters. The lowest BCUT2D eigenvalue weighted by atomic mass is 9.81. The van der Waals surface area contributed by atoms with Crippen LogP contribution in [0.4, 0.5) is 24.5 Å². The Bertz CT molecular complexity index is 1640. The lowest BCUT2D eigenvalue weighted by Gasteiger charge is -2.35. The molecule has 0 aromatic heterocycles. The van der Waals surface area contributed by atoms with Crippen LogP contribution in [0.2, 0.25) is 0 Å². The molecule has 2 N–H and O–H groups in total. The summed E-state index contributed by atoms with van der Waals surface area (Å²) in [7, 11) is 0. The molecule has 1 aliphatic heterocycles. The van der Waals surface area contributed by atoms with Gasteiger partial charge < -0.3 is 20.1 Å². The molecule has 9 heteroatoms. The minimum Gasteiger partial charge on any atom is -0.348 e. The van der Waals surface area contributed by atoms with E-state index in [1.165, 1.54) is 17.7 Å². The molecule has 44 heavy (non-hydrogen) atoms. The highest BCUT2D eigenvalue weighted by Crippen LogP contribution is 2.42. The summed E-state index contributed by atoms with van der Waals surface area (Å²) in [6.07, 6.45) is -0.721. The lowest BCUT2D eigenvalue weighted by Crippen LogP contribution is -2.34. The minimum atomic E-state index is -4.45. The highest BCUT2D eigenvalue weighted by Gasteiger charge is 2.40. The first kappa shape index (κ1) is 29.6. The molecule has 6 rings (SSSR count). The van der Waals surface area contributed by atoms with Crippen molar-refractivity contribution in [2.75, 3.05) is 23.8 Å². The fourth-order valence-electron chi connectivity index (χ4n) is 5.93. The maximum Gasteiger partial charge on any atom is 0.416 e. The first-order valence-corrected chi connectivity index (χ1v) is 14.6. The Morgan fingerprint density at radius 1 is 0.727 bits per heavy atom. The minimum absolute atomic E-state index is 0.290. The van der Waals surface area contributed by atoms with Crippen molar-refractivity contribution in [3.8, 4) is 11.1 Å².